The van der Waals surface area contributed by atoms with Crippen LogP contribution < -0.4 is 16.6 Å². The lowest BCUT2D eigenvalue weighted by Gasteiger charge is -2.08. The average Bonchev–Trinajstić information content (AvgIpc) is 2.49. The molecule has 0 atom stereocenters. The quantitative estimate of drug-likeness (QED) is 0.470. The van der Waals surface area contributed by atoms with Gasteiger partial charge in [-0.3, -0.25) is 19.4 Å². The lowest BCUT2D eigenvalue weighted by atomic mass is 10.2. The number of nitrogen functional groups attached to an aromatic ring is 1. The molecule has 0 radical (unpaired) electrons. The number of nitrogens with one attached hydrogen (secondary N) is 2. The number of aliphatic carboxylic acids is 1. The van der Waals surface area contributed by atoms with Crippen molar-refractivity contribution >= 4 is 35.1 Å². The Labute approximate surface area is 132 Å². The number of amides is 1. The molecule has 0 unspecified atom stereocenters. The highest BCUT2D eigenvalue weighted by molar-refractivity contribution is 7.99. The van der Waals surface area contributed by atoms with Crippen LogP contribution in [-0.4, -0.2) is 32.7 Å². The highest BCUT2D eigenvalue weighted by atomic mass is 32.2. The maximum Gasteiger partial charge on any atom is 0.313 e. The standard InChI is InChI=1S/C13H11FN4O4S/c14-7-3-1-6(2-4-7)11(21)16-9-10(15)17-13(18-12(9)22)23-5-8(19)20/h1-4H,5H2,(H,16,21)(H,19,20)(H3,15,17,18,22). The maximum absolute atomic E-state index is 12.8. The number of carbonyl (C=O) groups excluding carboxylic acids is 1. The minimum absolute atomic E-state index is 0.0229. The summed E-state index contributed by atoms with van der Waals surface area (Å²) >= 11 is 0.782. The molecule has 1 amide bonds. The van der Waals surface area contributed by atoms with Crippen LogP contribution in [0.15, 0.2) is 34.2 Å². The summed E-state index contributed by atoms with van der Waals surface area (Å²) in [6, 6.07) is 4.71. The van der Waals surface area contributed by atoms with Crippen molar-refractivity contribution in [3.8, 4) is 0 Å². The first-order chi connectivity index (χ1) is 10.9. The van der Waals surface area contributed by atoms with Gasteiger partial charge >= 0.3 is 5.97 Å². The van der Waals surface area contributed by atoms with E-state index in [9.17, 15) is 18.8 Å². The van der Waals surface area contributed by atoms with Crippen LogP contribution >= 0.6 is 11.8 Å². The minimum atomic E-state index is -1.08. The molecule has 10 heteroatoms. The van der Waals surface area contributed by atoms with Crippen LogP contribution in [0.4, 0.5) is 15.9 Å². The number of thioether (sulfide) groups is 1. The molecular weight excluding hydrogens is 327 g/mol. The molecule has 8 nitrogen and oxygen atoms in total. The lowest BCUT2D eigenvalue weighted by molar-refractivity contribution is -0.133. The van der Waals surface area contributed by atoms with Crippen LogP contribution in [0.1, 0.15) is 10.4 Å². The molecule has 2 aromatic rings. The van der Waals surface area contributed by atoms with Crippen LogP contribution in [0.2, 0.25) is 0 Å². The summed E-state index contributed by atoms with van der Waals surface area (Å²) in [6.45, 7) is 0. The number of carboxylic acids is 1. The van der Waals surface area contributed by atoms with Gasteiger partial charge in [0.1, 0.15) is 11.5 Å². The molecule has 0 saturated heterocycles. The fraction of sp³-hybridized carbons (Fsp3) is 0.0769. The number of hydrogen-bond acceptors (Lipinski definition) is 6. The van der Waals surface area contributed by atoms with Gasteiger partial charge in [-0.25, -0.2) is 9.37 Å². The molecule has 0 aliphatic carbocycles. The molecule has 0 aliphatic heterocycles. The number of H-pyrrole nitrogens is 1. The van der Waals surface area contributed by atoms with Gasteiger partial charge < -0.3 is 16.2 Å². The fourth-order valence-corrected chi connectivity index (χ4v) is 2.16. The highest BCUT2D eigenvalue weighted by Crippen LogP contribution is 2.17. The van der Waals surface area contributed by atoms with Gasteiger partial charge in [-0.2, -0.15) is 0 Å². The number of halogens is 1. The van der Waals surface area contributed by atoms with Gasteiger partial charge in [0.2, 0.25) is 0 Å². The van der Waals surface area contributed by atoms with Crippen LogP contribution in [-0.2, 0) is 4.79 Å². The van der Waals surface area contributed by atoms with E-state index in [0.29, 0.717) is 0 Å². The second kappa shape index (κ2) is 6.92. The summed E-state index contributed by atoms with van der Waals surface area (Å²) in [6.07, 6.45) is 0. The number of rotatable bonds is 5. The number of nitrogens with zero attached hydrogens (tertiary/aromatic N) is 1. The van der Waals surface area contributed by atoms with Gasteiger partial charge in [-0.1, -0.05) is 11.8 Å². The third kappa shape index (κ3) is 4.30. The van der Waals surface area contributed by atoms with Gasteiger partial charge in [0, 0.05) is 5.56 Å². The lowest BCUT2D eigenvalue weighted by Crippen LogP contribution is -2.23. The van der Waals surface area contributed by atoms with E-state index < -0.39 is 23.3 Å². The van der Waals surface area contributed by atoms with E-state index in [0.717, 1.165) is 23.9 Å². The Balaban J connectivity index is 2.20. The van der Waals surface area contributed by atoms with Crippen molar-refractivity contribution < 1.29 is 19.1 Å². The Morgan fingerprint density at radius 3 is 2.57 bits per heavy atom. The zero-order chi connectivity index (χ0) is 17.0. The van der Waals surface area contributed by atoms with Crippen molar-refractivity contribution in [2.24, 2.45) is 0 Å². The van der Waals surface area contributed by atoms with E-state index in [4.69, 9.17) is 10.8 Å². The molecule has 0 aliphatic rings. The molecule has 0 bridgehead atoms. The second-order valence-electron chi connectivity index (χ2n) is 4.27. The van der Waals surface area contributed by atoms with Crippen LogP contribution in [0.5, 0.6) is 0 Å². The van der Waals surface area contributed by atoms with Crippen molar-refractivity contribution in [1.82, 2.24) is 9.97 Å². The molecule has 1 heterocycles. The van der Waals surface area contributed by atoms with Crippen LogP contribution in [0.25, 0.3) is 0 Å². The number of aromatic amines is 1. The maximum atomic E-state index is 12.8. The van der Waals surface area contributed by atoms with Crippen molar-refractivity contribution in [3.63, 3.8) is 0 Å². The SMILES string of the molecule is Nc1nc(SCC(=O)O)[nH]c(=O)c1NC(=O)c1ccc(F)cc1. The second-order valence-corrected chi connectivity index (χ2v) is 5.24. The number of carbonyl (C=O) groups is 2. The zero-order valence-electron chi connectivity index (χ0n) is 11.5. The highest BCUT2D eigenvalue weighted by Gasteiger charge is 2.14. The summed E-state index contributed by atoms with van der Waals surface area (Å²) in [4.78, 5) is 40.5. The molecule has 0 fully saturated rings. The minimum Gasteiger partial charge on any atom is -0.481 e. The molecular formula is C13H11FN4O4S. The normalized spacial score (nSPS) is 10.3. The van der Waals surface area contributed by atoms with E-state index in [-0.39, 0.29) is 28.0 Å². The van der Waals surface area contributed by atoms with Gasteiger partial charge in [-0.05, 0) is 24.3 Å². The molecule has 120 valence electrons. The molecule has 1 aromatic heterocycles. The third-order valence-electron chi connectivity index (χ3n) is 2.60. The van der Waals surface area contributed by atoms with E-state index in [1.807, 2.05) is 0 Å². The summed E-state index contributed by atoms with van der Waals surface area (Å²) in [5.74, 6) is -2.79. The van der Waals surface area contributed by atoms with Crippen molar-refractivity contribution in [1.29, 1.82) is 0 Å². The van der Waals surface area contributed by atoms with E-state index >= 15 is 0 Å². The van der Waals surface area contributed by atoms with Gasteiger partial charge in [0.15, 0.2) is 11.0 Å². The van der Waals surface area contributed by atoms with Crippen molar-refractivity contribution in [2.75, 3.05) is 16.8 Å². The zero-order valence-corrected chi connectivity index (χ0v) is 12.3. The summed E-state index contributed by atoms with van der Waals surface area (Å²) < 4.78 is 12.8. The Bertz CT molecular complexity index is 807. The molecule has 5 N–H and O–H groups in total. The number of nitrogens with two attached hydrogens (primary N) is 1. The molecule has 0 spiro atoms. The number of benzene rings is 1. The van der Waals surface area contributed by atoms with Crippen molar-refractivity contribution in [3.05, 3.63) is 46.0 Å². The third-order valence-corrected chi connectivity index (χ3v) is 3.46. The number of anilines is 2. The Morgan fingerprint density at radius 1 is 1.35 bits per heavy atom. The molecule has 23 heavy (non-hydrogen) atoms. The van der Waals surface area contributed by atoms with E-state index in [1.54, 1.807) is 0 Å². The summed E-state index contributed by atoms with van der Waals surface area (Å²) in [5, 5.41) is 10.9. The topological polar surface area (TPSA) is 138 Å². The summed E-state index contributed by atoms with van der Waals surface area (Å²) in [7, 11) is 0. The predicted molar refractivity (Wildman–Crippen MR) is 82.0 cm³/mol. The van der Waals surface area contributed by atoms with Gasteiger partial charge in [-0.15, -0.1) is 0 Å². The first-order valence-corrected chi connectivity index (χ1v) is 7.16. The van der Waals surface area contributed by atoms with E-state index in [2.05, 4.69) is 15.3 Å². The molecule has 0 saturated carbocycles. The molecule has 1 aromatic carbocycles. The predicted octanol–water partition coefficient (Wildman–Crippen LogP) is 0.920. The molecule has 2 rings (SSSR count). The Morgan fingerprint density at radius 2 is 2.00 bits per heavy atom. The Kier molecular flexibility index (Phi) is 4.96. The first-order valence-electron chi connectivity index (χ1n) is 6.18. The van der Waals surface area contributed by atoms with Gasteiger partial charge in [0.25, 0.3) is 11.5 Å². The largest absolute Gasteiger partial charge is 0.481 e. The smallest absolute Gasteiger partial charge is 0.313 e. The van der Waals surface area contributed by atoms with Crippen molar-refractivity contribution in [2.45, 2.75) is 5.16 Å². The number of carboxylic acid groups (broad SMARTS) is 1. The fourth-order valence-electron chi connectivity index (χ4n) is 1.58. The van der Waals surface area contributed by atoms with Crippen LogP contribution in [0, 0.1) is 5.82 Å². The monoisotopic (exact) mass is 338 g/mol. The summed E-state index contributed by atoms with van der Waals surface area (Å²) in [5.41, 5.74) is 4.76. The van der Waals surface area contributed by atoms with Crippen LogP contribution in [0.3, 0.4) is 0 Å². The number of aromatic nitrogens is 2. The van der Waals surface area contributed by atoms with Gasteiger partial charge in [0.05, 0.1) is 5.75 Å². The first kappa shape index (κ1) is 16.5. The number of hydrogen-bond donors (Lipinski definition) is 4. The Hall–Kier alpha value is -2.88. The van der Waals surface area contributed by atoms with E-state index in [1.165, 1.54) is 12.1 Å². The average molecular weight is 338 g/mol.